The molecule has 1 aromatic rings. The summed E-state index contributed by atoms with van der Waals surface area (Å²) in [6.45, 7) is 4.21. The molecule has 1 heterocycles. The third-order valence-electron chi connectivity index (χ3n) is 3.72. The molecule has 18 heavy (non-hydrogen) atoms. The quantitative estimate of drug-likeness (QED) is 0.925. The van der Waals surface area contributed by atoms with E-state index < -0.39 is 0 Å². The highest BCUT2D eigenvalue weighted by Crippen LogP contribution is 2.31. The van der Waals surface area contributed by atoms with Gasteiger partial charge in [0.15, 0.2) is 0 Å². The minimum atomic E-state index is 0.368. The third kappa shape index (κ3) is 2.87. The van der Waals surface area contributed by atoms with Gasteiger partial charge in [-0.3, -0.25) is 0 Å². The second kappa shape index (κ2) is 6.04. The molecule has 3 nitrogen and oxygen atoms in total. The molecule has 0 aliphatic carbocycles. The van der Waals surface area contributed by atoms with Crippen molar-refractivity contribution in [3.63, 3.8) is 0 Å². The van der Waals surface area contributed by atoms with E-state index in [2.05, 4.69) is 51.3 Å². The second-order valence-electron chi connectivity index (χ2n) is 4.81. The molecule has 100 valence electrons. The van der Waals surface area contributed by atoms with Crippen LogP contribution in [0, 0.1) is 0 Å². The van der Waals surface area contributed by atoms with Crippen LogP contribution in [0.1, 0.15) is 24.9 Å². The van der Waals surface area contributed by atoms with Gasteiger partial charge in [-0.2, -0.15) is 0 Å². The zero-order valence-electron chi connectivity index (χ0n) is 11.2. The molecule has 1 fully saturated rings. The molecular weight excluding hydrogens is 292 g/mol. The maximum Gasteiger partial charge on any atom is 0.0762 e. The number of halogens is 1. The van der Waals surface area contributed by atoms with Crippen LogP contribution in [0.2, 0.25) is 0 Å². The Hall–Kier alpha value is -0.580. The van der Waals surface area contributed by atoms with Crippen molar-refractivity contribution < 1.29 is 4.74 Å². The number of anilines is 1. The molecule has 1 aliphatic heterocycles. The zero-order chi connectivity index (χ0) is 13.1. The Bertz CT molecular complexity index is 411. The smallest absolute Gasteiger partial charge is 0.0762 e. The maximum atomic E-state index is 5.42. The van der Waals surface area contributed by atoms with E-state index >= 15 is 0 Å². The average Bonchev–Trinajstić information content (AvgIpc) is 2.86. The third-order valence-corrected chi connectivity index (χ3v) is 4.36. The molecule has 2 atom stereocenters. The molecule has 2 unspecified atom stereocenters. The lowest BCUT2D eigenvalue weighted by atomic mass is 10.1. The minimum absolute atomic E-state index is 0.368. The highest BCUT2D eigenvalue weighted by molar-refractivity contribution is 9.10. The number of methoxy groups -OCH3 is 1. The van der Waals surface area contributed by atoms with Gasteiger partial charge in [0.25, 0.3) is 0 Å². The topological polar surface area (TPSA) is 24.5 Å². The van der Waals surface area contributed by atoms with Gasteiger partial charge in [-0.25, -0.2) is 0 Å². The van der Waals surface area contributed by atoms with E-state index in [1.165, 1.54) is 15.7 Å². The first kappa shape index (κ1) is 13.8. The van der Waals surface area contributed by atoms with Gasteiger partial charge in [-0.1, -0.05) is 6.07 Å². The Balaban J connectivity index is 2.15. The van der Waals surface area contributed by atoms with Crippen LogP contribution in [0.4, 0.5) is 5.69 Å². The van der Waals surface area contributed by atoms with E-state index in [1.807, 2.05) is 7.05 Å². The Morgan fingerprint density at radius 3 is 2.83 bits per heavy atom. The molecular formula is C14H21BrN2O. The summed E-state index contributed by atoms with van der Waals surface area (Å²) in [7, 11) is 3.77. The summed E-state index contributed by atoms with van der Waals surface area (Å²) < 4.78 is 6.58. The van der Waals surface area contributed by atoms with Gasteiger partial charge in [0.1, 0.15) is 0 Å². The first-order valence-electron chi connectivity index (χ1n) is 6.40. The van der Waals surface area contributed by atoms with Crippen LogP contribution in [0.25, 0.3) is 0 Å². The predicted molar refractivity (Wildman–Crippen MR) is 79.2 cm³/mol. The molecule has 4 heteroatoms. The van der Waals surface area contributed by atoms with Crippen LogP contribution in [-0.4, -0.2) is 33.4 Å². The van der Waals surface area contributed by atoms with Gasteiger partial charge < -0.3 is 15.0 Å². The van der Waals surface area contributed by atoms with E-state index in [0.29, 0.717) is 12.1 Å². The van der Waals surface area contributed by atoms with E-state index in [0.717, 1.165) is 19.5 Å². The summed E-state index contributed by atoms with van der Waals surface area (Å²) >= 11 is 3.69. The fraction of sp³-hybridized carbons (Fsp3) is 0.571. The standard InChI is InChI=1S/C14H21BrN2O/c1-10(16-2)11-4-5-14(13(15)8-11)17-7-6-12(9-17)18-3/h4-5,8,10,12,16H,6-7,9H2,1-3H3. The molecule has 0 saturated carbocycles. The molecule has 2 rings (SSSR count). The Morgan fingerprint density at radius 1 is 1.50 bits per heavy atom. The van der Waals surface area contributed by atoms with Gasteiger partial charge in [0.05, 0.1) is 11.8 Å². The van der Waals surface area contributed by atoms with Gasteiger partial charge in [0.2, 0.25) is 0 Å². The summed E-state index contributed by atoms with van der Waals surface area (Å²) in [5.41, 5.74) is 2.57. The summed E-state index contributed by atoms with van der Waals surface area (Å²) in [6, 6.07) is 6.98. The molecule has 0 amide bonds. The van der Waals surface area contributed by atoms with Crippen molar-refractivity contribution in [3.05, 3.63) is 28.2 Å². The van der Waals surface area contributed by atoms with Crippen molar-refractivity contribution in [1.29, 1.82) is 0 Å². The fourth-order valence-electron chi connectivity index (χ4n) is 2.36. The molecule has 0 spiro atoms. The monoisotopic (exact) mass is 312 g/mol. The second-order valence-corrected chi connectivity index (χ2v) is 5.67. The zero-order valence-corrected chi connectivity index (χ0v) is 12.8. The van der Waals surface area contributed by atoms with Crippen molar-refractivity contribution in [1.82, 2.24) is 5.32 Å². The summed E-state index contributed by atoms with van der Waals surface area (Å²) in [5.74, 6) is 0. The van der Waals surface area contributed by atoms with Crippen LogP contribution in [0.5, 0.6) is 0 Å². The lowest BCUT2D eigenvalue weighted by Crippen LogP contribution is -2.22. The Morgan fingerprint density at radius 2 is 2.28 bits per heavy atom. The van der Waals surface area contributed by atoms with Crippen molar-refractivity contribution in [2.24, 2.45) is 0 Å². The van der Waals surface area contributed by atoms with Crippen LogP contribution in [0.15, 0.2) is 22.7 Å². The number of nitrogens with one attached hydrogen (secondary N) is 1. The number of rotatable bonds is 4. The lowest BCUT2D eigenvalue weighted by molar-refractivity contribution is 0.121. The first-order chi connectivity index (χ1) is 8.65. The first-order valence-corrected chi connectivity index (χ1v) is 7.19. The maximum absolute atomic E-state index is 5.42. The molecule has 1 saturated heterocycles. The largest absolute Gasteiger partial charge is 0.380 e. The highest BCUT2D eigenvalue weighted by Gasteiger charge is 2.23. The number of nitrogens with zero attached hydrogens (tertiary/aromatic N) is 1. The van der Waals surface area contributed by atoms with Crippen molar-refractivity contribution in [2.45, 2.75) is 25.5 Å². The molecule has 0 radical (unpaired) electrons. The molecule has 1 aromatic carbocycles. The number of benzene rings is 1. The van der Waals surface area contributed by atoms with Crippen LogP contribution in [-0.2, 0) is 4.74 Å². The number of hydrogen-bond donors (Lipinski definition) is 1. The fourth-order valence-corrected chi connectivity index (χ4v) is 3.00. The Kier molecular flexibility index (Phi) is 4.65. The molecule has 0 bridgehead atoms. The van der Waals surface area contributed by atoms with Gasteiger partial charge in [0, 0.05) is 30.7 Å². The number of ether oxygens (including phenoxy) is 1. The van der Waals surface area contributed by atoms with E-state index in [9.17, 15) is 0 Å². The van der Waals surface area contributed by atoms with E-state index in [-0.39, 0.29) is 0 Å². The van der Waals surface area contributed by atoms with Crippen LogP contribution in [0.3, 0.4) is 0 Å². The van der Waals surface area contributed by atoms with Crippen molar-refractivity contribution in [3.8, 4) is 0 Å². The lowest BCUT2D eigenvalue weighted by Gasteiger charge is -2.21. The minimum Gasteiger partial charge on any atom is -0.380 e. The van der Waals surface area contributed by atoms with Gasteiger partial charge >= 0.3 is 0 Å². The normalized spacial score (nSPS) is 21.3. The van der Waals surface area contributed by atoms with Crippen molar-refractivity contribution >= 4 is 21.6 Å². The Labute approximate surface area is 118 Å². The van der Waals surface area contributed by atoms with E-state index in [1.54, 1.807) is 7.11 Å². The molecule has 1 aliphatic rings. The van der Waals surface area contributed by atoms with Crippen LogP contribution >= 0.6 is 15.9 Å². The highest BCUT2D eigenvalue weighted by atomic mass is 79.9. The molecule has 0 aromatic heterocycles. The predicted octanol–water partition coefficient (Wildman–Crippen LogP) is 2.95. The summed E-state index contributed by atoms with van der Waals surface area (Å²) in [4.78, 5) is 2.38. The van der Waals surface area contributed by atoms with E-state index in [4.69, 9.17) is 4.74 Å². The molecule has 1 N–H and O–H groups in total. The SMILES string of the molecule is CNC(C)c1ccc(N2CCC(OC)C2)c(Br)c1. The summed E-state index contributed by atoms with van der Waals surface area (Å²) in [6.07, 6.45) is 1.48. The van der Waals surface area contributed by atoms with Gasteiger partial charge in [-0.15, -0.1) is 0 Å². The number of hydrogen-bond acceptors (Lipinski definition) is 3. The van der Waals surface area contributed by atoms with Crippen LogP contribution < -0.4 is 10.2 Å². The summed E-state index contributed by atoms with van der Waals surface area (Å²) in [5, 5.41) is 3.26. The van der Waals surface area contributed by atoms with Gasteiger partial charge in [-0.05, 0) is 54.0 Å². The van der Waals surface area contributed by atoms with Crippen molar-refractivity contribution in [2.75, 3.05) is 32.1 Å². The average molecular weight is 313 g/mol.